The van der Waals surface area contributed by atoms with Crippen molar-refractivity contribution < 1.29 is 8.83 Å². The van der Waals surface area contributed by atoms with Crippen LogP contribution in [0.1, 0.15) is 0 Å². The van der Waals surface area contributed by atoms with Gasteiger partial charge < -0.3 is 13.7 Å². The van der Waals surface area contributed by atoms with Crippen LogP contribution in [-0.4, -0.2) is 0 Å². The van der Waals surface area contributed by atoms with Crippen LogP contribution in [0.2, 0.25) is 0 Å². The van der Waals surface area contributed by atoms with Crippen LogP contribution >= 0.6 is 0 Å². The van der Waals surface area contributed by atoms with E-state index in [1.807, 2.05) is 24.3 Å². The molecule has 0 radical (unpaired) electrons. The molecule has 2 heterocycles. The van der Waals surface area contributed by atoms with Gasteiger partial charge >= 0.3 is 0 Å². The van der Waals surface area contributed by atoms with E-state index >= 15 is 0 Å². The van der Waals surface area contributed by atoms with E-state index in [2.05, 4.69) is 157 Å². The molecule has 0 saturated heterocycles. The number of anilines is 3. The van der Waals surface area contributed by atoms with E-state index in [0.717, 1.165) is 77.5 Å². The van der Waals surface area contributed by atoms with Gasteiger partial charge in [0.2, 0.25) is 0 Å². The molecular weight excluding hydrogens is 623 g/mol. The zero-order valence-electron chi connectivity index (χ0n) is 27.5. The minimum Gasteiger partial charge on any atom is -0.456 e. The summed E-state index contributed by atoms with van der Waals surface area (Å²) >= 11 is 0. The van der Waals surface area contributed by atoms with Crippen molar-refractivity contribution in [3.63, 3.8) is 0 Å². The predicted octanol–water partition coefficient (Wildman–Crippen LogP) is 14.1. The number of hydrogen-bond donors (Lipinski definition) is 0. The summed E-state index contributed by atoms with van der Waals surface area (Å²) in [6, 6.07) is 62.7. The molecule has 0 unspecified atom stereocenters. The summed E-state index contributed by atoms with van der Waals surface area (Å²) in [6.07, 6.45) is 0. The monoisotopic (exact) mass is 651 g/mol. The number of furan rings is 2. The highest BCUT2D eigenvalue weighted by Crippen LogP contribution is 2.47. The van der Waals surface area contributed by atoms with Crippen molar-refractivity contribution in [3.05, 3.63) is 176 Å². The van der Waals surface area contributed by atoms with Crippen LogP contribution in [0.25, 0.3) is 87.3 Å². The van der Waals surface area contributed by atoms with E-state index in [4.69, 9.17) is 8.83 Å². The Labute approximate surface area is 293 Å². The van der Waals surface area contributed by atoms with Gasteiger partial charge in [0.05, 0.1) is 11.4 Å². The van der Waals surface area contributed by atoms with Crippen molar-refractivity contribution >= 4 is 93.3 Å². The van der Waals surface area contributed by atoms with E-state index in [0.29, 0.717) is 0 Å². The third-order valence-corrected chi connectivity index (χ3v) is 10.4. The Bertz CT molecular complexity index is 3160. The zero-order valence-corrected chi connectivity index (χ0v) is 27.5. The minimum absolute atomic E-state index is 0.893. The van der Waals surface area contributed by atoms with Gasteiger partial charge in [-0.1, -0.05) is 127 Å². The Morgan fingerprint density at radius 3 is 1.80 bits per heavy atom. The molecule has 11 rings (SSSR count). The zero-order chi connectivity index (χ0) is 33.5. The number of fused-ring (bicyclic) bond motifs is 10. The van der Waals surface area contributed by atoms with Crippen LogP contribution in [-0.2, 0) is 0 Å². The molecule has 0 bridgehead atoms. The summed E-state index contributed by atoms with van der Waals surface area (Å²) < 4.78 is 12.9. The van der Waals surface area contributed by atoms with Gasteiger partial charge in [-0.3, -0.25) is 0 Å². The van der Waals surface area contributed by atoms with Crippen molar-refractivity contribution in [2.75, 3.05) is 4.90 Å². The number of para-hydroxylation sites is 4. The predicted molar refractivity (Wildman–Crippen MR) is 214 cm³/mol. The van der Waals surface area contributed by atoms with Gasteiger partial charge in [-0.2, -0.15) is 0 Å². The van der Waals surface area contributed by atoms with E-state index in [1.165, 1.54) is 26.9 Å². The Balaban J connectivity index is 1.20. The minimum atomic E-state index is 0.893. The molecule has 3 heteroatoms. The Morgan fingerprint density at radius 2 is 0.902 bits per heavy atom. The number of rotatable bonds is 4. The first kappa shape index (κ1) is 28.0. The molecule has 0 saturated carbocycles. The number of nitrogens with zero attached hydrogens (tertiary/aromatic N) is 1. The average molecular weight is 652 g/mol. The second kappa shape index (κ2) is 10.8. The smallest absolute Gasteiger partial charge is 0.143 e. The van der Waals surface area contributed by atoms with Gasteiger partial charge in [0.15, 0.2) is 0 Å². The first-order chi connectivity index (χ1) is 25.3. The molecule has 0 spiro atoms. The van der Waals surface area contributed by atoms with Gasteiger partial charge in [0.1, 0.15) is 22.3 Å². The van der Waals surface area contributed by atoms with E-state index in [1.54, 1.807) is 0 Å². The largest absolute Gasteiger partial charge is 0.456 e. The van der Waals surface area contributed by atoms with Gasteiger partial charge in [-0.15, -0.1) is 0 Å². The van der Waals surface area contributed by atoms with Crippen LogP contribution < -0.4 is 4.90 Å². The van der Waals surface area contributed by atoms with Crippen LogP contribution in [0.4, 0.5) is 17.1 Å². The highest BCUT2D eigenvalue weighted by atomic mass is 16.3. The van der Waals surface area contributed by atoms with Gasteiger partial charge in [-0.05, 0) is 75.5 Å². The first-order valence-corrected chi connectivity index (χ1v) is 17.3. The van der Waals surface area contributed by atoms with Crippen LogP contribution in [0.15, 0.2) is 185 Å². The fourth-order valence-electron chi connectivity index (χ4n) is 8.07. The molecule has 11 aromatic rings. The fraction of sp³-hybridized carbons (Fsp3) is 0. The van der Waals surface area contributed by atoms with Crippen molar-refractivity contribution in [3.8, 4) is 11.1 Å². The molecule has 0 aliphatic heterocycles. The molecule has 0 fully saturated rings. The van der Waals surface area contributed by atoms with Gasteiger partial charge in [0, 0.05) is 43.7 Å². The van der Waals surface area contributed by atoms with Crippen LogP contribution in [0.5, 0.6) is 0 Å². The summed E-state index contributed by atoms with van der Waals surface area (Å²) in [5, 5.41) is 11.6. The summed E-state index contributed by atoms with van der Waals surface area (Å²) in [5.41, 5.74) is 9.02. The van der Waals surface area contributed by atoms with Crippen LogP contribution in [0, 0.1) is 0 Å². The first-order valence-electron chi connectivity index (χ1n) is 17.3. The van der Waals surface area contributed by atoms with Crippen molar-refractivity contribution in [1.29, 1.82) is 0 Å². The number of hydrogen-bond acceptors (Lipinski definition) is 3. The van der Waals surface area contributed by atoms with E-state index in [-0.39, 0.29) is 0 Å². The maximum Gasteiger partial charge on any atom is 0.143 e. The molecule has 2 aromatic heterocycles. The average Bonchev–Trinajstić information content (AvgIpc) is 3.75. The third kappa shape index (κ3) is 4.25. The maximum absolute atomic E-state index is 6.59. The Morgan fingerprint density at radius 1 is 0.314 bits per heavy atom. The molecule has 9 aromatic carbocycles. The SMILES string of the molecule is c1ccc(N(c2ccc3ccc4cc5oc6ccccc6c5cc4c3c2)c2cccc3ccccc23)c(-c2cccc3c2oc2ccccc23)c1. The third-order valence-electron chi connectivity index (χ3n) is 10.4. The summed E-state index contributed by atoms with van der Waals surface area (Å²) in [5.74, 6) is 0. The van der Waals surface area contributed by atoms with Crippen molar-refractivity contribution in [2.24, 2.45) is 0 Å². The second-order valence-corrected chi connectivity index (χ2v) is 13.3. The van der Waals surface area contributed by atoms with Crippen molar-refractivity contribution in [1.82, 2.24) is 0 Å². The number of benzene rings is 9. The molecule has 0 aliphatic rings. The highest BCUT2D eigenvalue weighted by molar-refractivity contribution is 6.17. The van der Waals surface area contributed by atoms with E-state index in [9.17, 15) is 0 Å². The quantitative estimate of drug-likeness (QED) is 0.177. The summed E-state index contributed by atoms with van der Waals surface area (Å²) in [6.45, 7) is 0. The molecule has 238 valence electrons. The molecule has 0 atom stereocenters. The second-order valence-electron chi connectivity index (χ2n) is 13.3. The summed E-state index contributed by atoms with van der Waals surface area (Å²) in [7, 11) is 0. The summed E-state index contributed by atoms with van der Waals surface area (Å²) in [4.78, 5) is 2.42. The van der Waals surface area contributed by atoms with E-state index < -0.39 is 0 Å². The topological polar surface area (TPSA) is 29.5 Å². The standard InChI is InChI=1S/C48H29NO2/c1-2-13-34-30(11-1)12-9-20-43(34)49(44-19-6-3-14-35(44)38-17-10-18-39-36-15-4-8-22-46(36)51-48(38)39)33-26-25-31-23-24-32-27-47-42(29-41(32)40(31)28-33)37-16-5-7-21-45(37)50-47/h1-29H. The lowest BCUT2D eigenvalue weighted by Gasteiger charge is -2.29. The lowest BCUT2D eigenvalue weighted by Crippen LogP contribution is -2.11. The highest BCUT2D eigenvalue weighted by Gasteiger charge is 2.22. The maximum atomic E-state index is 6.59. The molecule has 0 amide bonds. The lowest BCUT2D eigenvalue weighted by molar-refractivity contribution is 0.669. The van der Waals surface area contributed by atoms with Crippen molar-refractivity contribution in [2.45, 2.75) is 0 Å². The molecule has 0 N–H and O–H groups in total. The molecule has 51 heavy (non-hydrogen) atoms. The van der Waals surface area contributed by atoms with Gasteiger partial charge in [-0.25, -0.2) is 0 Å². The fourth-order valence-corrected chi connectivity index (χ4v) is 8.07. The van der Waals surface area contributed by atoms with Gasteiger partial charge in [0.25, 0.3) is 0 Å². The lowest BCUT2D eigenvalue weighted by atomic mass is 9.97. The Hall–Kier alpha value is -6.84. The van der Waals surface area contributed by atoms with Crippen LogP contribution in [0.3, 0.4) is 0 Å². The normalized spacial score (nSPS) is 11.9. The Kier molecular flexibility index (Phi) is 5.96. The molecule has 0 aliphatic carbocycles. The molecule has 3 nitrogen and oxygen atoms in total. The molecular formula is C48H29NO2.